The monoisotopic (exact) mass is 574 g/mol. The lowest BCUT2D eigenvalue weighted by Crippen LogP contribution is -2.66. The van der Waals surface area contributed by atoms with Crippen LogP contribution in [0.4, 0.5) is 0 Å². The fourth-order valence-corrected chi connectivity index (χ4v) is 12.2. The molecule has 14 atom stereocenters. The lowest BCUT2D eigenvalue weighted by atomic mass is 9.36. The molecule has 1 heterocycles. The highest BCUT2D eigenvalue weighted by atomic mass is 16.5. The predicted octanol–water partition coefficient (Wildman–Crippen LogP) is 4.55. The number of ether oxygens (including phenoxy) is 1. The van der Waals surface area contributed by atoms with Gasteiger partial charge in [-0.15, -0.1) is 0 Å². The zero-order chi connectivity index (χ0) is 29.7. The maximum atomic E-state index is 12.7. The molecule has 7 nitrogen and oxygen atoms in total. The van der Waals surface area contributed by atoms with Crippen LogP contribution < -0.4 is 0 Å². The van der Waals surface area contributed by atoms with Crippen LogP contribution in [-0.2, 0) is 9.53 Å². The van der Waals surface area contributed by atoms with Gasteiger partial charge in [-0.3, -0.25) is 4.79 Å². The highest BCUT2D eigenvalue weighted by Gasteiger charge is 2.66. The maximum absolute atomic E-state index is 12.7. The molecule has 5 N–H and O–H groups in total. The molecule has 0 aromatic heterocycles. The summed E-state index contributed by atoms with van der Waals surface area (Å²) in [7, 11) is 0. The Kier molecular flexibility index (Phi) is 7.34. The summed E-state index contributed by atoms with van der Waals surface area (Å²) in [5.41, 5.74) is 0.970. The number of allylic oxidation sites excluding steroid dienone is 2. The second-order valence-corrected chi connectivity index (χ2v) is 16.3. The quantitative estimate of drug-likeness (QED) is 0.313. The number of aliphatic carboxylic acids is 1. The van der Waals surface area contributed by atoms with E-state index in [1.807, 2.05) is 0 Å². The molecule has 0 aromatic carbocycles. The van der Waals surface area contributed by atoms with E-state index >= 15 is 0 Å². The fraction of sp³-hybridized carbons (Fsp3) is 0.912. The number of hydrogen-bond acceptors (Lipinski definition) is 6. The molecule has 232 valence electrons. The van der Waals surface area contributed by atoms with Crippen molar-refractivity contribution in [2.45, 2.75) is 129 Å². The maximum Gasteiger partial charge on any atom is 0.310 e. The van der Waals surface area contributed by atoms with E-state index in [9.17, 15) is 30.3 Å². The van der Waals surface area contributed by atoms with E-state index in [1.54, 1.807) is 0 Å². The third-order valence-corrected chi connectivity index (χ3v) is 14.4. The third-order valence-electron chi connectivity index (χ3n) is 14.4. The number of rotatable bonds is 3. The van der Waals surface area contributed by atoms with Gasteiger partial charge in [0.25, 0.3) is 0 Å². The van der Waals surface area contributed by atoms with Gasteiger partial charge in [-0.1, -0.05) is 46.3 Å². The number of carbonyl (C=O) groups is 1. The van der Waals surface area contributed by atoms with E-state index in [4.69, 9.17) is 4.74 Å². The first kappa shape index (κ1) is 30.1. The van der Waals surface area contributed by atoms with Gasteiger partial charge in [0.2, 0.25) is 0 Å². The molecule has 6 aliphatic rings. The first-order valence-electron chi connectivity index (χ1n) is 16.5. The smallest absolute Gasteiger partial charge is 0.310 e. The van der Waals surface area contributed by atoms with Gasteiger partial charge in [0, 0.05) is 0 Å². The molecular formula is C34H54O7. The fourth-order valence-electron chi connectivity index (χ4n) is 12.2. The molecule has 7 heteroatoms. The molecule has 0 bridgehead atoms. The number of fused-ring (bicyclic) bond motifs is 7. The summed E-state index contributed by atoms with van der Waals surface area (Å²) < 4.78 is 6.14. The van der Waals surface area contributed by atoms with Gasteiger partial charge in [0.05, 0.1) is 18.1 Å². The van der Waals surface area contributed by atoms with E-state index in [-0.39, 0.29) is 28.1 Å². The van der Waals surface area contributed by atoms with Gasteiger partial charge >= 0.3 is 5.97 Å². The highest BCUT2D eigenvalue weighted by Crippen LogP contribution is 2.72. The van der Waals surface area contributed by atoms with Crippen molar-refractivity contribution in [3.05, 3.63) is 11.6 Å². The minimum absolute atomic E-state index is 0.000384. The van der Waals surface area contributed by atoms with Crippen molar-refractivity contribution in [2.75, 3.05) is 6.61 Å². The topological polar surface area (TPSA) is 127 Å². The number of aliphatic hydroxyl groups excluding tert-OH is 4. The molecule has 0 radical (unpaired) electrons. The number of carboxylic acid groups (broad SMARTS) is 1. The van der Waals surface area contributed by atoms with E-state index in [0.29, 0.717) is 23.7 Å². The number of hydrogen-bond donors (Lipinski definition) is 5. The van der Waals surface area contributed by atoms with Gasteiger partial charge in [-0.05, 0) is 116 Å². The average molecular weight is 575 g/mol. The zero-order valence-electron chi connectivity index (χ0n) is 25.8. The Morgan fingerprint density at radius 1 is 0.878 bits per heavy atom. The lowest BCUT2D eigenvalue weighted by molar-refractivity contribution is -0.267. The van der Waals surface area contributed by atoms with Crippen LogP contribution in [0.5, 0.6) is 0 Å². The van der Waals surface area contributed by atoms with Crippen LogP contribution in [0.3, 0.4) is 0 Å². The van der Waals surface area contributed by atoms with E-state index in [2.05, 4.69) is 40.7 Å². The summed E-state index contributed by atoms with van der Waals surface area (Å²) in [6.45, 7) is 11.5. The Labute approximate surface area is 245 Å². The number of aliphatic hydroxyl groups is 4. The zero-order valence-corrected chi connectivity index (χ0v) is 25.8. The summed E-state index contributed by atoms with van der Waals surface area (Å²) in [5.74, 6) is 1.54. The van der Waals surface area contributed by atoms with Crippen molar-refractivity contribution in [3.8, 4) is 0 Å². The van der Waals surface area contributed by atoms with Crippen molar-refractivity contribution in [3.63, 3.8) is 0 Å². The summed E-state index contributed by atoms with van der Waals surface area (Å²) >= 11 is 0. The number of carboxylic acids is 1. The Hall–Kier alpha value is -0.990. The van der Waals surface area contributed by atoms with Gasteiger partial charge < -0.3 is 30.3 Å². The molecule has 0 spiro atoms. The van der Waals surface area contributed by atoms with Crippen LogP contribution in [0.1, 0.15) is 98.8 Å². The largest absolute Gasteiger partial charge is 0.481 e. The minimum Gasteiger partial charge on any atom is -0.481 e. The van der Waals surface area contributed by atoms with Gasteiger partial charge in [-0.25, -0.2) is 0 Å². The predicted molar refractivity (Wildman–Crippen MR) is 155 cm³/mol. The Morgan fingerprint density at radius 2 is 1.56 bits per heavy atom. The Bertz CT molecular complexity index is 1070. The SMILES string of the molecule is CC1CCC2(C(=O)O)CCC3C(=CCC4C3(C)CCC3C(C)(C)C(C5OC(CO)C(O)C(O)C5O)CCC34C)C2C1. The minimum atomic E-state index is -1.33. The van der Waals surface area contributed by atoms with Crippen LogP contribution in [0, 0.1) is 57.2 Å². The average Bonchev–Trinajstić information content (AvgIpc) is 2.92. The standard InChI is InChI=1S/C34H54O7/c1-18-8-14-34(30(39)40)15-10-20-19(22(34)16-18)6-7-25-32(20,4)13-11-24-31(2,3)21(9-12-33(24,25)5)29-28(38)27(37)26(36)23(17-35)41-29/h6,18,20-29,35-38H,7-17H2,1-5H3,(H,39,40). The lowest BCUT2D eigenvalue weighted by Gasteiger charge is -2.69. The first-order chi connectivity index (χ1) is 19.2. The third kappa shape index (κ3) is 4.11. The first-order valence-corrected chi connectivity index (χ1v) is 16.5. The van der Waals surface area contributed by atoms with Crippen molar-refractivity contribution in [1.82, 2.24) is 0 Å². The molecule has 0 aromatic rings. The molecule has 6 rings (SSSR count). The Morgan fingerprint density at radius 3 is 2.24 bits per heavy atom. The molecule has 5 fully saturated rings. The van der Waals surface area contributed by atoms with Gasteiger partial charge in [-0.2, -0.15) is 0 Å². The van der Waals surface area contributed by atoms with Crippen LogP contribution in [0.25, 0.3) is 0 Å². The van der Waals surface area contributed by atoms with Crippen LogP contribution in [0.2, 0.25) is 0 Å². The molecule has 1 aliphatic heterocycles. The molecule has 0 amide bonds. The molecule has 4 saturated carbocycles. The normalized spacial score (nSPS) is 54.6. The second-order valence-electron chi connectivity index (χ2n) is 16.3. The van der Waals surface area contributed by atoms with Crippen molar-refractivity contribution in [2.24, 2.45) is 57.2 Å². The molecule has 41 heavy (non-hydrogen) atoms. The molecule has 14 unspecified atom stereocenters. The molecular weight excluding hydrogens is 520 g/mol. The van der Waals surface area contributed by atoms with Crippen LogP contribution >= 0.6 is 0 Å². The van der Waals surface area contributed by atoms with Crippen molar-refractivity contribution >= 4 is 5.97 Å². The molecule has 1 saturated heterocycles. The van der Waals surface area contributed by atoms with Crippen molar-refractivity contribution < 1.29 is 35.1 Å². The van der Waals surface area contributed by atoms with E-state index in [0.717, 1.165) is 64.2 Å². The summed E-state index contributed by atoms with van der Waals surface area (Å²) in [4.78, 5) is 12.7. The molecule has 5 aliphatic carbocycles. The van der Waals surface area contributed by atoms with Gasteiger partial charge in [0.1, 0.15) is 24.4 Å². The second kappa shape index (κ2) is 10.0. The summed E-state index contributed by atoms with van der Waals surface area (Å²) in [6, 6.07) is 0. The van der Waals surface area contributed by atoms with E-state index < -0.39 is 48.5 Å². The summed E-state index contributed by atoms with van der Waals surface area (Å²) in [6.07, 6.45) is 6.84. The van der Waals surface area contributed by atoms with E-state index in [1.165, 1.54) is 5.57 Å². The highest BCUT2D eigenvalue weighted by molar-refractivity contribution is 5.76. The van der Waals surface area contributed by atoms with Crippen LogP contribution in [-0.4, -0.2) is 68.6 Å². The van der Waals surface area contributed by atoms with Crippen molar-refractivity contribution in [1.29, 1.82) is 0 Å². The van der Waals surface area contributed by atoms with Gasteiger partial charge in [0.15, 0.2) is 0 Å². The Balaban J connectivity index is 1.30. The summed E-state index contributed by atoms with van der Waals surface area (Å²) in [5, 5.41) is 52.3. The van der Waals surface area contributed by atoms with Crippen LogP contribution in [0.15, 0.2) is 11.6 Å².